The van der Waals surface area contributed by atoms with Gasteiger partial charge in [-0.25, -0.2) is 0 Å². The van der Waals surface area contributed by atoms with E-state index in [9.17, 15) is 27.9 Å². The van der Waals surface area contributed by atoms with Crippen LogP contribution in [0.2, 0.25) is 0 Å². The summed E-state index contributed by atoms with van der Waals surface area (Å²) >= 11 is 0. The van der Waals surface area contributed by atoms with E-state index in [0.717, 1.165) is 21.8 Å². The van der Waals surface area contributed by atoms with E-state index in [1.54, 1.807) is 30.3 Å². The number of para-hydroxylation sites is 1. The Kier molecular flexibility index (Phi) is 5.80. The number of amides is 1. The van der Waals surface area contributed by atoms with Gasteiger partial charge in [-0.15, -0.1) is 0 Å². The Labute approximate surface area is 174 Å². The predicted octanol–water partition coefficient (Wildman–Crippen LogP) is 0.0290. The minimum Gasteiger partial charge on any atom is -0.493 e. The average molecular weight is 451 g/mol. The molecule has 0 fully saturated rings. The summed E-state index contributed by atoms with van der Waals surface area (Å²) in [6, 6.07) is 9.87. The van der Waals surface area contributed by atoms with Crippen molar-refractivity contribution in [1.29, 1.82) is 0 Å². The molecule has 3 aromatic rings. The lowest BCUT2D eigenvalue weighted by Crippen LogP contribution is -2.49. The fraction of sp³-hybridized carbons (Fsp3) is 0.125. The van der Waals surface area contributed by atoms with Crippen LogP contribution >= 0.6 is 0 Å². The lowest BCUT2D eigenvalue weighted by Gasteiger charge is -2.10. The van der Waals surface area contributed by atoms with Crippen LogP contribution in [0.25, 0.3) is 5.69 Å². The molecule has 0 radical (unpaired) electrons. The summed E-state index contributed by atoms with van der Waals surface area (Å²) < 4.78 is 39.0. The van der Waals surface area contributed by atoms with E-state index in [1.165, 1.54) is 14.2 Å². The first-order valence-electron chi connectivity index (χ1n) is 8.30. The highest BCUT2D eigenvalue weighted by Gasteiger charge is 2.35. The molecule has 2 N–H and O–H groups in total. The van der Waals surface area contributed by atoms with Crippen LogP contribution in [0.3, 0.4) is 0 Å². The Morgan fingerprint density at radius 3 is 2.48 bits per heavy atom. The van der Waals surface area contributed by atoms with Crippen molar-refractivity contribution in [3.63, 3.8) is 0 Å². The van der Waals surface area contributed by atoms with Gasteiger partial charge in [0.05, 0.1) is 18.1 Å². The molecular formula is C16H15N6O8S+. The number of carbonyl (C=O) groups is 1. The summed E-state index contributed by atoms with van der Waals surface area (Å²) in [5, 5.41) is 21.2. The van der Waals surface area contributed by atoms with E-state index >= 15 is 0 Å². The molecule has 0 bridgehead atoms. The number of aromatic nitrogens is 4. The number of ether oxygens (including phenoxy) is 1. The number of carbonyl (C=O) groups excluding carboxylic acids is 1. The van der Waals surface area contributed by atoms with Gasteiger partial charge in [0.25, 0.3) is 5.69 Å². The van der Waals surface area contributed by atoms with E-state index in [1.807, 2.05) is 0 Å². The number of hydrogen-bond acceptors (Lipinski definition) is 9. The van der Waals surface area contributed by atoms with Crippen LogP contribution in [0.1, 0.15) is 10.6 Å². The number of nitrogens with zero attached hydrogens (tertiary/aromatic N) is 5. The van der Waals surface area contributed by atoms with Crippen molar-refractivity contribution in [3.8, 4) is 11.4 Å². The standard InChI is InChI=1S/C16H14N6O8S/c1-29-13-8-12(21(24)25)14(31(26,27)28)9-11(13)20-15(18-19-22(20)30-2)16(23)17-10-6-4-3-5-7-10/h3-9H,1-2H3,(H-,17,23,26,27,28)/p+1. The highest BCUT2D eigenvalue weighted by Crippen LogP contribution is 2.32. The van der Waals surface area contributed by atoms with Gasteiger partial charge in [0.2, 0.25) is 5.21 Å². The van der Waals surface area contributed by atoms with Gasteiger partial charge in [-0.2, -0.15) is 8.42 Å². The molecule has 0 atom stereocenters. The summed E-state index contributed by atoms with van der Waals surface area (Å²) in [7, 11) is -2.67. The van der Waals surface area contributed by atoms with Crippen LogP contribution in [-0.2, 0) is 10.1 Å². The van der Waals surface area contributed by atoms with Crippen molar-refractivity contribution in [2.75, 3.05) is 19.5 Å². The molecule has 1 heterocycles. The van der Waals surface area contributed by atoms with E-state index in [0.29, 0.717) is 5.69 Å². The molecule has 31 heavy (non-hydrogen) atoms. The van der Waals surface area contributed by atoms with Crippen LogP contribution in [0.4, 0.5) is 11.4 Å². The molecule has 14 nitrogen and oxygen atoms in total. The molecule has 0 aliphatic heterocycles. The number of rotatable bonds is 7. The van der Waals surface area contributed by atoms with Crippen LogP contribution in [0.15, 0.2) is 47.4 Å². The van der Waals surface area contributed by atoms with Gasteiger partial charge in [0, 0.05) is 11.8 Å². The van der Waals surface area contributed by atoms with Gasteiger partial charge in [-0.05, 0) is 12.1 Å². The molecule has 0 unspecified atom stereocenters. The predicted molar refractivity (Wildman–Crippen MR) is 101 cm³/mol. The molecule has 162 valence electrons. The summed E-state index contributed by atoms with van der Waals surface area (Å²) in [4.78, 5) is 27.8. The van der Waals surface area contributed by atoms with Gasteiger partial charge in [-0.1, -0.05) is 22.9 Å². The Morgan fingerprint density at radius 1 is 1.26 bits per heavy atom. The van der Waals surface area contributed by atoms with Crippen LogP contribution < -0.4 is 19.6 Å². The zero-order chi connectivity index (χ0) is 22.8. The molecule has 0 spiro atoms. The third-order valence-corrected chi connectivity index (χ3v) is 4.83. The molecule has 0 aliphatic carbocycles. The van der Waals surface area contributed by atoms with Crippen molar-refractivity contribution < 1.29 is 36.9 Å². The molecule has 0 saturated carbocycles. The largest absolute Gasteiger partial charge is 0.493 e. The van der Waals surface area contributed by atoms with E-state index < -0.39 is 31.5 Å². The lowest BCUT2D eigenvalue weighted by atomic mass is 10.2. The average Bonchev–Trinajstić information content (AvgIpc) is 3.16. The third kappa shape index (κ3) is 4.26. The lowest BCUT2D eigenvalue weighted by molar-refractivity contribution is -0.722. The Hall–Kier alpha value is -4.11. The number of hydrogen-bond donors (Lipinski definition) is 2. The first-order valence-corrected chi connectivity index (χ1v) is 9.74. The summed E-state index contributed by atoms with van der Waals surface area (Å²) in [6.45, 7) is 0. The SMILES string of the molecule is COc1cc([N+](=O)[O-])c(S(=O)(=O)O)cc1-[n+]1c(C(=O)Nc2ccccc2)nnn1OC. The van der Waals surface area contributed by atoms with Gasteiger partial charge in [0.1, 0.15) is 17.2 Å². The van der Waals surface area contributed by atoms with Crippen LogP contribution in [0.5, 0.6) is 5.75 Å². The molecule has 3 rings (SSSR count). The van der Waals surface area contributed by atoms with Gasteiger partial charge >= 0.3 is 21.8 Å². The molecule has 0 saturated heterocycles. The van der Waals surface area contributed by atoms with Gasteiger partial charge in [-0.3, -0.25) is 19.5 Å². The number of tetrazole rings is 1. The molecule has 1 amide bonds. The quantitative estimate of drug-likeness (QED) is 0.215. The van der Waals surface area contributed by atoms with E-state index in [2.05, 4.69) is 15.6 Å². The van der Waals surface area contributed by atoms with Crippen LogP contribution in [0, 0.1) is 10.1 Å². The second-order valence-corrected chi connectivity index (χ2v) is 7.19. The molecule has 15 heteroatoms. The Balaban J connectivity index is 2.24. The van der Waals surface area contributed by atoms with Crippen LogP contribution in [-0.4, -0.2) is 53.3 Å². The molecular weight excluding hydrogens is 436 g/mol. The minimum atomic E-state index is -5.02. The monoisotopic (exact) mass is 451 g/mol. The number of methoxy groups -OCH3 is 1. The van der Waals surface area contributed by atoms with Crippen molar-refractivity contribution in [2.45, 2.75) is 4.90 Å². The topological polar surface area (TPSA) is 180 Å². The summed E-state index contributed by atoms with van der Waals surface area (Å²) in [6.07, 6.45) is 0. The first-order chi connectivity index (χ1) is 14.7. The number of nitro benzene ring substituents is 1. The smallest absolute Gasteiger partial charge is 0.398 e. The van der Waals surface area contributed by atoms with E-state index in [-0.39, 0.29) is 17.3 Å². The molecule has 0 aliphatic rings. The highest BCUT2D eigenvalue weighted by molar-refractivity contribution is 7.86. The Morgan fingerprint density at radius 2 is 1.94 bits per heavy atom. The Bertz CT molecular complexity index is 1260. The second-order valence-electron chi connectivity index (χ2n) is 5.80. The fourth-order valence-corrected chi connectivity index (χ4v) is 3.29. The zero-order valence-corrected chi connectivity index (χ0v) is 16.8. The maximum Gasteiger partial charge on any atom is 0.398 e. The fourth-order valence-electron chi connectivity index (χ4n) is 2.64. The molecule has 2 aromatic carbocycles. The van der Waals surface area contributed by atoms with Crippen molar-refractivity contribution in [2.24, 2.45) is 0 Å². The third-order valence-electron chi connectivity index (χ3n) is 3.95. The summed E-state index contributed by atoms with van der Waals surface area (Å²) in [5.74, 6) is -1.36. The maximum atomic E-state index is 12.8. The normalized spacial score (nSPS) is 11.1. The summed E-state index contributed by atoms with van der Waals surface area (Å²) in [5.41, 5.74) is -0.735. The van der Waals surface area contributed by atoms with Crippen molar-refractivity contribution >= 4 is 27.4 Å². The second kappa shape index (κ2) is 8.33. The minimum absolute atomic E-state index is 0.224. The molecule has 1 aromatic heterocycles. The van der Waals surface area contributed by atoms with Gasteiger partial charge < -0.3 is 14.9 Å². The van der Waals surface area contributed by atoms with Gasteiger partial charge in [0.15, 0.2) is 16.3 Å². The number of benzene rings is 2. The van der Waals surface area contributed by atoms with E-state index in [4.69, 9.17) is 9.57 Å². The number of nitrogens with one attached hydrogen (secondary N) is 1. The van der Waals surface area contributed by atoms with Crippen molar-refractivity contribution in [3.05, 3.63) is 58.4 Å². The zero-order valence-electron chi connectivity index (χ0n) is 16.0. The number of anilines is 1. The van der Waals surface area contributed by atoms with Crippen molar-refractivity contribution in [1.82, 2.24) is 15.3 Å². The number of nitro groups is 1. The highest BCUT2D eigenvalue weighted by atomic mass is 32.2. The first kappa shape index (κ1) is 21.6. The maximum absolute atomic E-state index is 12.8.